The smallest absolute Gasteiger partial charge is 0.337 e. The molecule has 0 aliphatic heterocycles. The van der Waals surface area contributed by atoms with Crippen molar-refractivity contribution in [3.05, 3.63) is 53.6 Å². The molecule has 2 rings (SSSR count). The molecule has 0 radical (unpaired) electrons. The summed E-state index contributed by atoms with van der Waals surface area (Å²) in [7, 11) is -0.880. The van der Waals surface area contributed by atoms with E-state index >= 15 is 0 Å². The van der Waals surface area contributed by atoms with E-state index in [1.807, 2.05) is 6.92 Å². The zero-order valence-corrected chi connectivity index (χ0v) is 19.0. The molecule has 0 saturated heterocycles. The van der Waals surface area contributed by atoms with E-state index in [2.05, 4.69) is 15.9 Å². The van der Waals surface area contributed by atoms with Crippen LogP contribution in [0.1, 0.15) is 15.9 Å². The molecule has 0 aliphatic carbocycles. The van der Waals surface area contributed by atoms with Crippen LogP contribution in [0.5, 0.6) is 11.5 Å². The number of aryl methyl sites for hydroxylation is 1. The van der Waals surface area contributed by atoms with Gasteiger partial charge in [-0.2, -0.15) is 4.31 Å². The first-order valence-electron chi connectivity index (χ1n) is 8.85. The molecule has 29 heavy (non-hydrogen) atoms. The molecule has 0 aromatic heterocycles. The van der Waals surface area contributed by atoms with Gasteiger partial charge < -0.3 is 14.2 Å². The zero-order valence-electron chi connectivity index (χ0n) is 16.6. The quantitative estimate of drug-likeness (QED) is 0.379. The maximum atomic E-state index is 12.9. The average Bonchev–Trinajstić information content (AvgIpc) is 2.72. The monoisotopic (exact) mass is 485 g/mol. The van der Waals surface area contributed by atoms with Crippen LogP contribution in [-0.4, -0.2) is 57.9 Å². The summed E-state index contributed by atoms with van der Waals surface area (Å²) in [5, 5.41) is 0.485. The molecule has 158 valence electrons. The third-order valence-corrected chi connectivity index (χ3v) is 6.44. The Balaban J connectivity index is 2.15. The van der Waals surface area contributed by atoms with Crippen LogP contribution in [0.3, 0.4) is 0 Å². The third kappa shape index (κ3) is 5.94. The van der Waals surface area contributed by atoms with Crippen molar-refractivity contribution < 1.29 is 27.4 Å². The van der Waals surface area contributed by atoms with E-state index < -0.39 is 16.0 Å². The molecule has 0 amide bonds. The van der Waals surface area contributed by atoms with Gasteiger partial charge in [0.2, 0.25) is 10.0 Å². The number of ether oxygens (including phenoxy) is 3. The van der Waals surface area contributed by atoms with Crippen molar-refractivity contribution >= 4 is 31.9 Å². The van der Waals surface area contributed by atoms with Crippen LogP contribution >= 0.6 is 15.9 Å². The first kappa shape index (κ1) is 23.2. The first-order valence-corrected chi connectivity index (χ1v) is 11.4. The Morgan fingerprint density at radius 1 is 1.03 bits per heavy atom. The van der Waals surface area contributed by atoms with Crippen molar-refractivity contribution in [2.75, 3.05) is 39.2 Å². The Morgan fingerprint density at radius 3 is 2.31 bits per heavy atom. The van der Waals surface area contributed by atoms with Crippen LogP contribution in [0.25, 0.3) is 0 Å². The van der Waals surface area contributed by atoms with Gasteiger partial charge in [0.25, 0.3) is 0 Å². The van der Waals surface area contributed by atoms with E-state index in [4.69, 9.17) is 14.2 Å². The lowest BCUT2D eigenvalue weighted by Gasteiger charge is -2.22. The molecular weight excluding hydrogens is 462 g/mol. The minimum absolute atomic E-state index is 0.0824. The van der Waals surface area contributed by atoms with Crippen LogP contribution in [0.4, 0.5) is 0 Å². The van der Waals surface area contributed by atoms with Gasteiger partial charge in [0.15, 0.2) is 11.5 Å². The number of nitrogens with zero attached hydrogens (tertiary/aromatic N) is 1. The number of carbonyl (C=O) groups excluding carboxylic acids is 1. The Hall–Kier alpha value is -2.10. The van der Waals surface area contributed by atoms with Gasteiger partial charge in [0.05, 0.1) is 24.7 Å². The number of hydrogen-bond acceptors (Lipinski definition) is 6. The van der Waals surface area contributed by atoms with E-state index in [1.165, 1.54) is 24.6 Å². The highest BCUT2D eigenvalue weighted by atomic mass is 79.9. The van der Waals surface area contributed by atoms with E-state index in [0.29, 0.717) is 28.9 Å². The Kier molecular flexibility index (Phi) is 8.48. The Bertz CT molecular complexity index is 930. The number of methoxy groups -OCH3 is 2. The van der Waals surface area contributed by atoms with E-state index in [9.17, 15) is 13.2 Å². The predicted octanol–water partition coefficient (Wildman–Crippen LogP) is 3.25. The number of benzene rings is 2. The predicted molar refractivity (Wildman–Crippen MR) is 114 cm³/mol. The number of sulfonamides is 1. The van der Waals surface area contributed by atoms with Crippen molar-refractivity contribution in [3.63, 3.8) is 0 Å². The van der Waals surface area contributed by atoms with Crippen LogP contribution in [-0.2, 0) is 14.8 Å². The van der Waals surface area contributed by atoms with E-state index in [-0.39, 0.29) is 18.0 Å². The van der Waals surface area contributed by atoms with Gasteiger partial charge >= 0.3 is 5.97 Å². The summed E-state index contributed by atoms with van der Waals surface area (Å²) in [5.41, 5.74) is 1.30. The minimum atomic E-state index is -3.66. The van der Waals surface area contributed by atoms with E-state index in [1.54, 1.807) is 36.4 Å². The number of hydrogen-bond donors (Lipinski definition) is 0. The van der Waals surface area contributed by atoms with E-state index in [0.717, 1.165) is 5.56 Å². The number of rotatable bonds is 10. The fourth-order valence-electron chi connectivity index (χ4n) is 2.60. The summed E-state index contributed by atoms with van der Waals surface area (Å²) in [6.45, 7) is 2.40. The summed E-state index contributed by atoms with van der Waals surface area (Å²) < 4.78 is 42.9. The molecule has 9 heteroatoms. The largest absolute Gasteiger partial charge is 0.493 e. The summed E-state index contributed by atoms with van der Waals surface area (Å²) in [6.07, 6.45) is 0. The van der Waals surface area contributed by atoms with Gasteiger partial charge in [0, 0.05) is 18.4 Å². The zero-order chi connectivity index (χ0) is 21.4. The third-order valence-electron chi connectivity index (χ3n) is 4.18. The number of carbonyl (C=O) groups is 1. The van der Waals surface area contributed by atoms with Gasteiger partial charge in [-0.3, -0.25) is 0 Å². The summed E-state index contributed by atoms with van der Waals surface area (Å²) >= 11 is 3.30. The summed E-state index contributed by atoms with van der Waals surface area (Å²) in [6, 6.07) is 11.4. The second-order valence-electron chi connectivity index (χ2n) is 6.11. The highest BCUT2D eigenvalue weighted by Gasteiger charge is 2.24. The summed E-state index contributed by atoms with van der Waals surface area (Å²) in [4.78, 5) is 12.0. The second-order valence-corrected chi connectivity index (χ2v) is 8.84. The van der Waals surface area contributed by atoms with Gasteiger partial charge in [-0.05, 0) is 37.3 Å². The molecule has 2 aromatic carbocycles. The molecule has 0 heterocycles. The standard InChI is InChI=1S/C20H24BrNO6S/c1-15-4-7-17(8-5-15)29(24,25)22(11-10-21)12-13-28-19-14-16(20(23)27-3)6-9-18(19)26-2/h4-9,14H,10-13H2,1-3H3. The maximum absolute atomic E-state index is 12.9. The Labute approximate surface area is 179 Å². The van der Waals surface area contributed by atoms with Crippen molar-refractivity contribution in [2.45, 2.75) is 11.8 Å². The van der Waals surface area contributed by atoms with Gasteiger partial charge in [-0.25, -0.2) is 13.2 Å². The molecule has 0 unspecified atom stereocenters. The number of esters is 1. The topological polar surface area (TPSA) is 82.1 Å². The molecule has 7 nitrogen and oxygen atoms in total. The number of halogens is 1. The molecule has 0 atom stereocenters. The minimum Gasteiger partial charge on any atom is -0.493 e. The average molecular weight is 486 g/mol. The Morgan fingerprint density at radius 2 is 1.72 bits per heavy atom. The van der Waals surface area contributed by atoms with Gasteiger partial charge in [0.1, 0.15) is 6.61 Å². The SMILES string of the molecule is COC(=O)c1ccc(OC)c(OCCN(CCBr)S(=O)(=O)c2ccc(C)cc2)c1. The first-order chi connectivity index (χ1) is 13.8. The molecule has 2 aromatic rings. The lowest BCUT2D eigenvalue weighted by Crippen LogP contribution is -2.36. The molecule has 0 saturated carbocycles. The van der Waals surface area contributed by atoms with Crippen molar-refractivity contribution in [1.29, 1.82) is 0 Å². The van der Waals surface area contributed by atoms with Crippen molar-refractivity contribution in [1.82, 2.24) is 4.31 Å². The fraction of sp³-hybridized carbons (Fsp3) is 0.350. The second kappa shape index (κ2) is 10.6. The molecule has 0 bridgehead atoms. The molecular formula is C20H24BrNO6S. The lowest BCUT2D eigenvalue weighted by atomic mass is 10.2. The van der Waals surface area contributed by atoms with Crippen molar-refractivity contribution in [3.8, 4) is 11.5 Å². The van der Waals surface area contributed by atoms with Gasteiger partial charge in [-0.15, -0.1) is 0 Å². The number of alkyl halides is 1. The molecule has 0 spiro atoms. The molecule has 0 N–H and O–H groups in total. The lowest BCUT2D eigenvalue weighted by molar-refractivity contribution is 0.0600. The van der Waals surface area contributed by atoms with Crippen molar-refractivity contribution in [2.24, 2.45) is 0 Å². The maximum Gasteiger partial charge on any atom is 0.337 e. The normalized spacial score (nSPS) is 11.3. The van der Waals surface area contributed by atoms with Crippen LogP contribution in [0.15, 0.2) is 47.4 Å². The van der Waals surface area contributed by atoms with Crippen LogP contribution < -0.4 is 9.47 Å². The molecule has 0 aliphatic rings. The highest BCUT2D eigenvalue weighted by Crippen LogP contribution is 2.28. The fourth-order valence-corrected chi connectivity index (χ4v) is 4.69. The van der Waals surface area contributed by atoms with Crippen LogP contribution in [0.2, 0.25) is 0 Å². The summed E-state index contributed by atoms with van der Waals surface area (Å²) in [5.74, 6) is 0.272. The molecule has 0 fully saturated rings. The van der Waals surface area contributed by atoms with Crippen LogP contribution in [0, 0.1) is 6.92 Å². The highest BCUT2D eigenvalue weighted by molar-refractivity contribution is 9.09. The van der Waals surface area contributed by atoms with Gasteiger partial charge in [-0.1, -0.05) is 33.6 Å².